The fourth-order valence-electron chi connectivity index (χ4n) is 2.77. The van der Waals surface area contributed by atoms with Gasteiger partial charge >= 0.3 is 6.03 Å². The molecule has 8 nitrogen and oxygen atoms in total. The highest BCUT2D eigenvalue weighted by molar-refractivity contribution is 7.18. The fraction of sp³-hybridized carbons (Fsp3) is 0.0476. The number of thiazole rings is 1. The molecule has 0 saturated heterocycles. The Bertz CT molecular complexity index is 1240. The van der Waals surface area contributed by atoms with Crippen LogP contribution in [-0.2, 0) is 0 Å². The quantitative estimate of drug-likeness (QED) is 0.439. The molecule has 9 heteroatoms. The summed E-state index contributed by atoms with van der Waals surface area (Å²) in [7, 11) is 0. The highest BCUT2D eigenvalue weighted by Crippen LogP contribution is 2.25. The van der Waals surface area contributed by atoms with E-state index in [-0.39, 0.29) is 11.7 Å². The van der Waals surface area contributed by atoms with E-state index < -0.39 is 5.91 Å². The Morgan fingerprint density at radius 1 is 0.967 bits per heavy atom. The van der Waals surface area contributed by atoms with Crippen LogP contribution < -0.4 is 21.1 Å². The van der Waals surface area contributed by atoms with Crippen LogP contribution in [-0.4, -0.2) is 21.9 Å². The largest absolute Gasteiger partial charge is 0.457 e. The molecule has 0 aliphatic rings. The number of anilines is 2. The summed E-state index contributed by atoms with van der Waals surface area (Å²) in [6.07, 6.45) is 1.44. The molecule has 2 aromatic heterocycles. The maximum atomic E-state index is 12.3. The predicted molar refractivity (Wildman–Crippen MR) is 116 cm³/mol. The lowest BCUT2D eigenvalue weighted by molar-refractivity contribution is 0.0995. The first-order valence-corrected chi connectivity index (χ1v) is 9.77. The van der Waals surface area contributed by atoms with E-state index in [4.69, 9.17) is 10.5 Å². The van der Waals surface area contributed by atoms with Gasteiger partial charge < -0.3 is 21.1 Å². The van der Waals surface area contributed by atoms with Gasteiger partial charge in [0.05, 0.1) is 15.2 Å². The number of carbonyl (C=O) groups is 2. The second-order valence-electron chi connectivity index (χ2n) is 6.36. The molecular weight excluding hydrogens is 402 g/mol. The first-order valence-electron chi connectivity index (χ1n) is 8.95. The number of hydrogen-bond acceptors (Lipinski definition) is 6. The molecule has 2 heterocycles. The summed E-state index contributed by atoms with van der Waals surface area (Å²) >= 11 is 1.61. The molecule has 3 amide bonds. The molecule has 0 radical (unpaired) electrons. The number of rotatable bonds is 5. The van der Waals surface area contributed by atoms with Gasteiger partial charge in [0.15, 0.2) is 0 Å². The highest BCUT2D eigenvalue weighted by Gasteiger charge is 2.07. The molecule has 0 spiro atoms. The van der Waals surface area contributed by atoms with E-state index >= 15 is 0 Å². The van der Waals surface area contributed by atoms with E-state index in [9.17, 15) is 9.59 Å². The van der Waals surface area contributed by atoms with Crippen molar-refractivity contribution >= 4 is 44.9 Å². The van der Waals surface area contributed by atoms with Crippen LogP contribution in [0.4, 0.5) is 16.2 Å². The summed E-state index contributed by atoms with van der Waals surface area (Å²) in [5, 5.41) is 6.54. The van der Waals surface area contributed by atoms with Gasteiger partial charge in [-0.15, -0.1) is 11.3 Å². The van der Waals surface area contributed by atoms with Crippen molar-refractivity contribution in [2.75, 3.05) is 10.6 Å². The van der Waals surface area contributed by atoms with Gasteiger partial charge in [-0.3, -0.25) is 9.78 Å². The Hall–Kier alpha value is -3.98. The normalized spacial score (nSPS) is 10.6. The zero-order valence-corrected chi connectivity index (χ0v) is 16.7. The molecule has 4 rings (SSSR count). The molecule has 0 fully saturated rings. The summed E-state index contributed by atoms with van der Waals surface area (Å²) in [5.74, 6) is 0.340. The van der Waals surface area contributed by atoms with Crippen molar-refractivity contribution in [2.45, 2.75) is 6.92 Å². The standard InChI is InChI=1S/C21H17N5O3S/c1-12-24-17-10-14(4-7-19(17)30-12)26-21(28)25-13-2-5-15(6-3-13)29-16-8-9-23-18(11-16)20(22)27/h2-11H,1H3,(H2,22,27)(H2,25,26,28). The maximum Gasteiger partial charge on any atom is 0.323 e. The summed E-state index contributed by atoms with van der Waals surface area (Å²) in [6.45, 7) is 1.95. The van der Waals surface area contributed by atoms with Gasteiger partial charge in [-0.25, -0.2) is 9.78 Å². The van der Waals surface area contributed by atoms with Gasteiger partial charge in [-0.05, 0) is 55.5 Å². The van der Waals surface area contributed by atoms with Crippen LogP contribution in [0.5, 0.6) is 11.5 Å². The number of ether oxygens (including phenoxy) is 1. The van der Waals surface area contributed by atoms with Gasteiger partial charge in [0.2, 0.25) is 0 Å². The molecule has 0 bridgehead atoms. The van der Waals surface area contributed by atoms with Crippen LogP contribution >= 0.6 is 11.3 Å². The minimum atomic E-state index is -0.630. The molecule has 30 heavy (non-hydrogen) atoms. The minimum absolute atomic E-state index is 0.119. The van der Waals surface area contributed by atoms with E-state index in [1.54, 1.807) is 41.7 Å². The lowest BCUT2D eigenvalue weighted by atomic mass is 10.3. The molecule has 150 valence electrons. The first-order chi connectivity index (χ1) is 14.5. The molecular formula is C21H17N5O3S. The smallest absolute Gasteiger partial charge is 0.323 e. The molecule has 0 aliphatic heterocycles. The summed E-state index contributed by atoms with van der Waals surface area (Å²) in [5.41, 5.74) is 7.45. The third-order valence-electron chi connectivity index (χ3n) is 4.08. The lowest BCUT2D eigenvalue weighted by Crippen LogP contribution is -2.19. The minimum Gasteiger partial charge on any atom is -0.457 e. The number of pyridine rings is 1. The number of nitrogens with one attached hydrogen (secondary N) is 2. The van der Waals surface area contributed by atoms with Crippen molar-refractivity contribution in [3.05, 3.63) is 71.5 Å². The monoisotopic (exact) mass is 419 g/mol. The topological polar surface area (TPSA) is 119 Å². The Labute approximate surface area is 175 Å². The molecule has 4 N–H and O–H groups in total. The van der Waals surface area contributed by atoms with Gasteiger partial charge in [0.1, 0.15) is 17.2 Å². The van der Waals surface area contributed by atoms with Gasteiger partial charge in [-0.1, -0.05) is 0 Å². The van der Waals surface area contributed by atoms with Crippen LogP contribution in [0.2, 0.25) is 0 Å². The maximum absolute atomic E-state index is 12.3. The number of amides is 3. The van der Waals surface area contributed by atoms with Crippen LogP contribution in [0.15, 0.2) is 60.8 Å². The van der Waals surface area contributed by atoms with Gasteiger partial charge in [-0.2, -0.15) is 0 Å². The number of benzene rings is 2. The van der Waals surface area contributed by atoms with Crippen LogP contribution in [0, 0.1) is 6.92 Å². The molecule has 2 aromatic carbocycles. The van der Waals surface area contributed by atoms with Crippen LogP contribution in [0.3, 0.4) is 0 Å². The van der Waals surface area contributed by atoms with Crippen molar-refractivity contribution in [3.8, 4) is 11.5 Å². The van der Waals surface area contributed by atoms with Crippen molar-refractivity contribution in [1.29, 1.82) is 0 Å². The Morgan fingerprint density at radius 3 is 2.47 bits per heavy atom. The number of urea groups is 1. The fourth-order valence-corrected chi connectivity index (χ4v) is 3.57. The second-order valence-corrected chi connectivity index (χ2v) is 7.60. The summed E-state index contributed by atoms with van der Waals surface area (Å²) in [6, 6.07) is 15.1. The Balaban J connectivity index is 1.38. The number of aromatic nitrogens is 2. The molecule has 0 aliphatic carbocycles. The van der Waals surface area contributed by atoms with Gasteiger partial charge in [0.25, 0.3) is 5.91 Å². The summed E-state index contributed by atoms with van der Waals surface area (Å²) in [4.78, 5) is 31.8. The van der Waals surface area contributed by atoms with E-state index in [0.29, 0.717) is 22.9 Å². The SMILES string of the molecule is Cc1nc2cc(NC(=O)Nc3ccc(Oc4ccnc(C(N)=O)c4)cc3)ccc2s1. The van der Waals surface area contributed by atoms with Crippen molar-refractivity contribution in [2.24, 2.45) is 5.73 Å². The number of fused-ring (bicyclic) bond motifs is 1. The number of primary amides is 1. The predicted octanol–water partition coefficient (Wildman–Crippen LogP) is 4.53. The summed E-state index contributed by atoms with van der Waals surface area (Å²) < 4.78 is 6.76. The van der Waals surface area contributed by atoms with E-state index in [1.807, 2.05) is 25.1 Å². The number of nitrogens with zero attached hydrogens (tertiary/aromatic N) is 2. The van der Waals surface area contributed by atoms with Crippen molar-refractivity contribution in [3.63, 3.8) is 0 Å². The Morgan fingerprint density at radius 2 is 1.70 bits per heavy atom. The second kappa shape index (κ2) is 8.18. The first kappa shape index (κ1) is 19.3. The molecule has 0 unspecified atom stereocenters. The third kappa shape index (κ3) is 4.53. The third-order valence-corrected chi connectivity index (χ3v) is 5.04. The zero-order chi connectivity index (χ0) is 21.1. The van der Waals surface area contributed by atoms with Gasteiger partial charge in [0, 0.05) is 23.6 Å². The number of carbonyl (C=O) groups excluding carboxylic acids is 2. The van der Waals surface area contributed by atoms with Crippen molar-refractivity contribution in [1.82, 2.24) is 9.97 Å². The lowest BCUT2D eigenvalue weighted by Gasteiger charge is -2.09. The molecule has 0 saturated carbocycles. The van der Waals surface area contributed by atoms with Crippen molar-refractivity contribution < 1.29 is 14.3 Å². The number of nitrogens with two attached hydrogens (primary N) is 1. The van der Waals surface area contributed by atoms with E-state index in [1.165, 1.54) is 12.3 Å². The Kier molecular flexibility index (Phi) is 5.27. The van der Waals surface area contributed by atoms with E-state index in [2.05, 4.69) is 20.6 Å². The van der Waals surface area contributed by atoms with E-state index in [0.717, 1.165) is 15.2 Å². The average molecular weight is 419 g/mol. The molecule has 0 atom stereocenters. The average Bonchev–Trinajstić information content (AvgIpc) is 3.09. The number of hydrogen-bond donors (Lipinski definition) is 3. The van der Waals surface area contributed by atoms with Crippen LogP contribution in [0.1, 0.15) is 15.5 Å². The van der Waals surface area contributed by atoms with Crippen LogP contribution in [0.25, 0.3) is 10.2 Å². The highest BCUT2D eigenvalue weighted by atomic mass is 32.1. The molecule has 4 aromatic rings. The number of aryl methyl sites for hydroxylation is 1. The zero-order valence-electron chi connectivity index (χ0n) is 15.9.